The maximum Gasteiger partial charge on any atom is 0.187 e. The van der Waals surface area contributed by atoms with Crippen LogP contribution in [0.15, 0.2) is 206 Å². The number of hydrogen-bond donors (Lipinski definition) is 0. The number of para-hydroxylation sites is 1. The van der Waals surface area contributed by atoms with Crippen molar-refractivity contribution in [3.8, 4) is 45.1 Å². The maximum atomic E-state index is 9.58. The van der Waals surface area contributed by atoms with Crippen LogP contribution >= 0.6 is 0 Å². The third-order valence-corrected chi connectivity index (χ3v) is 11.8. The molecule has 0 radical (unpaired) electrons. The molecule has 1 heterocycles. The lowest BCUT2D eigenvalue weighted by Gasteiger charge is -2.27. The van der Waals surface area contributed by atoms with E-state index in [2.05, 4.69) is 178 Å². The Kier molecular flexibility index (Phi) is 8.22. The Morgan fingerprint density at radius 3 is 1.88 bits per heavy atom. The van der Waals surface area contributed by atoms with E-state index in [1.54, 1.807) is 0 Å². The van der Waals surface area contributed by atoms with E-state index in [1.165, 1.54) is 48.9 Å². The number of anilines is 3. The summed E-state index contributed by atoms with van der Waals surface area (Å²) in [5.41, 5.74) is 14.3. The fraction of sp³-hybridized carbons (Fsp3) is 0. The minimum atomic E-state index is 0.589. The lowest BCUT2D eigenvalue weighted by atomic mass is 9.93. The first-order valence-corrected chi connectivity index (χ1v) is 20.0. The first-order chi connectivity index (χ1) is 29.6. The van der Waals surface area contributed by atoms with E-state index in [0.717, 1.165) is 50.6 Å². The summed E-state index contributed by atoms with van der Waals surface area (Å²) in [7, 11) is 0. The van der Waals surface area contributed by atoms with Crippen molar-refractivity contribution < 1.29 is 0 Å². The molecule has 4 heteroatoms. The molecule has 10 aromatic carbocycles. The quantitative estimate of drug-likeness (QED) is 0.120. The van der Waals surface area contributed by atoms with Crippen molar-refractivity contribution in [3.63, 3.8) is 0 Å². The number of rotatable bonds is 7. The summed E-state index contributed by atoms with van der Waals surface area (Å²) < 4.78 is 2.38. The monoisotopic (exact) mass is 762 g/mol. The summed E-state index contributed by atoms with van der Waals surface area (Å²) in [5.74, 6) is 0. The molecule has 0 atom stereocenters. The number of nitriles is 1. The number of aromatic nitrogens is 1. The molecule has 278 valence electrons. The van der Waals surface area contributed by atoms with E-state index in [1.807, 2.05) is 48.5 Å². The van der Waals surface area contributed by atoms with Crippen molar-refractivity contribution >= 4 is 66.1 Å². The van der Waals surface area contributed by atoms with Gasteiger partial charge in [0.1, 0.15) is 0 Å². The van der Waals surface area contributed by atoms with Crippen LogP contribution in [-0.2, 0) is 0 Å². The molecule has 0 aliphatic heterocycles. The lowest BCUT2D eigenvalue weighted by molar-refractivity contribution is 1.18. The lowest BCUT2D eigenvalue weighted by Crippen LogP contribution is -2.10. The van der Waals surface area contributed by atoms with Gasteiger partial charge in [-0.15, -0.1) is 0 Å². The third kappa shape index (κ3) is 5.75. The Bertz CT molecular complexity index is 3470. The molecule has 0 saturated carbocycles. The van der Waals surface area contributed by atoms with E-state index in [0.29, 0.717) is 11.3 Å². The number of fused-ring (bicyclic) bond motifs is 1. The van der Waals surface area contributed by atoms with E-state index in [-0.39, 0.29) is 0 Å². The van der Waals surface area contributed by atoms with Gasteiger partial charge in [0.05, 0.1) is 29.2 Å². The topological polar surface area (TPSA) is 36.3 Å². The Morgan fingerprint density at radius 1 is 0.450 bits per heavy atom. The molecule has 0 fully saturated rings. The van der Waals surface area contributed by atoms with E-state index in [4.69, 9.17) is 6.57 Å². The Labute approximate surface area is 347 Å². The molecule has 0 N–H and O–H groups in total. The molecular weight excluding hydrogens is 729 g/mol. The predicted molar refractivity (Wildman–Crippen MR) is 249 cm³/mol. The van der Waals surface area contributed by atoms with Crippen molar-refractivity contribution in [2.24, 2.45) is 0 Å². The second kappa shape index (κ2) is 14.2. The van der Waals surface area contributed by atoms with Gasteiger partial charge in [-0.05, 0) is 134 Å². The van der Waals surface area contributed by atoms with Crippen molar-refractivity contribution in [1.29, 1.82) is 5.26 Å². The fourth-order valence-electron chi connectivity index (χ4n) is 8.99. The SMILES string of the molecule is [C-]#[N+]c1ccc(N(c2ccc(-c3ccc4c5c3ccc3cccc(c35)n4-c3ccccc3)cc2)c2cc(-c3ccc(C#N)cc3)cc(-c3cccc4ccccc34)c2)cc1. The maximum absolute atomic E-state index is 9.58. The average Bonchev–Trinajstić information content (AvgIpc) is 3.67. The molecule has 4 nitrogen and oxygen atoms in total. The molecule has 0 unspecified atom stereocenters. The summed E-state index contributed by atoms with van der Waals surface area (Å²) in [6.45, 7) is 7.66. The van der Waals surface area contributed by atoms with Gasteiger partial charge in [0.15, 0.2) is 5.69 Å². The van der Waals surface area contributed by atoms with Gasteiger partial charge >= 0.3 is 0 Å². The Morgan fingerprint density at radius 2 is 1.10 bits per heavy atom. The number of benzene rings is 10. The van der Waals surface area contributed by atoms with Crippen LogP contribution in [0.5, 0.6) is 0 Å². The molecule has 0 amide bonds. The van der Waals surface area contributed by atoms with Crippen molar-refractivity contribution in [2.75, 3.05) is 4.90 Å². The summed E-state index contributed by atoms with van der Waals surface area (Å²) in [5, 5.41) is 16.9. The molecule has 11 rings (SSSR count). The van der Waals surface area contributed by atoms with E-state index < -0.39 is 0 Å². The summed E-state index contributed by atoms with van der Waals surface area (Å²) in [6, 6.07) is 74.6. The molecule has 1 aromatic heterocycles. The van der Waals surface area contributed by atoms with Gasteiger partial charge in [0.25, 0.3) is 0 Å². The smallest absolute Gasteiger partial charge is 0.187 e. The van der Waals surface area contributed by atoms with Gasteiger partial charge in [-0.3, -0.25) is 0 Å². The predicted octanol–water partition coefficient (Wildman–Crippen LogP) is 15.4. The summed E-state index contributed by atoms with van der Waals surface area (Å²) in [4.78, 5) is 5.96. The van der Waals surface area contributed by atoms with Crippen LogP contribution in [0.3, 0.4) is 0 Å². The van der Waals surface area contributed by atoms with Gasteiger partial charge in [0.2, 0.25) is 0 Å². The van der Waals surface area contributed by atoms with Crippen LogP contribution < -0.4 is 4.90 Å². The highest BCUT2D eigenvalue weighted by Gasteiger charge is 2.20. The molecular formula is C56H34N4. The van der Waals surface area contributed by atoms with Crippen LogP contribution in [0.2, 0.25) is 0 Å². The Balaban J connectivity index is 1.08. The van der Waals surface area contributed by atoms with Crippen LogP contribution in [0.25, 0.3) is 87.3 Å². The fourth-order valence-corrected chi connectivity index (χ4v) is 8.99. The van der Waals surface area contributed by atoms with Gasteiger partial charge in [0, 0.05) is 33.5 Å². The molecule has 0 bridgehead atoms. The largest absolute Gasteiger partial charge is 0.311 e. The molecule has 0 aliphatic rings. The van der Waals surface area contributed by atoms with Crippen LogP contribution in [0, 0.1) is 17.9 Å². The van der Waals surface area contributed by atoms with Gasteiger partial charge in [-0.25, -0.2) is 4.85 Å². The van der Waals surface area contributed by atoms with E-state index >= 15 is 0 Å². The first kappa shape index (κ1) is 34.8. The second-order valence-corrected chi connectivity index (χ2v) is 15.2. The molecule has 0 aliphatic carbocycles. The minimum absolute atomic E-state index is 0.589. The second-order valence-electron chi connectivity index (χ2n) is 15.2. The zero-order chi connectivity index (χ0) is 40.2. The summed E-state index contributed by atoms with van der Waals surface area (Å²) >= 11 is 0. The van der Waals surface area contributed by atoms with Gasteiger partial charge in [-0.1, -0.05) is 127 Å². The zero-order valence-corrected chi connectivity index (χ0v) is 32.4. The number of hydrogen-bond acceptors (Lipinski definition) is 2. The van der Waals surface area contributed by atoms with E-state index in [9.17, 15) is 5.26 Å². The van der Waals surface area contributed by atoms with Gasteiger partial charge in [-0.2, -0.15) is 5.26 Å². The highest BCUT2D eigenvalue weighted by molar-refractivity contribution is 6.26. The molecule has 0 spiro atoms. The standard InChI is InChI=1S/C56H34N4/c1-58-44-24-28-47(29-25-44)59(48-34-42(38-19-17-37(36-57)18-20-38)33-43(35-48)50-15-7-10-39-9-5-6-14-49(39)50)46-26-21-40(22-27-46)51-31-32-54-56-52(51)30-23-41-11-8-16-53(55(41)56)60(54)45-12-3-2-4-13-45/h2-35H. The highest BCUT2D eigenvalue weighted by Crippen LogP contribution is 2.45. The average molecular weight is 763 g/mol. The van der Waals surface area contributed by atoms with Crippen molar-refractivity contribution in [1.82, 2.24) is 4.57 Å². The minimum Gasteiger partial charge on any atom is -0.311 e. The summed E-state index contributed by atoms with van der Waals surface area (Å²) in [6.07, 6.45) is 0. The highest BCUT2D eigenvalue weighted by atomic mass is 15.1. The zero-order valence-electron chi connectivity index (χ0n) is 32.4. The molecule has 0 saturated heterocycles. The Hall–Kier alpha value is -8.44. The van der Waals surface area contributed by atoms with Crippen molar-refractivity contribution in [3.05, 3.63) is 223 Å². The first-order valence-electron chi connectivity index (χ1n) is 20.0. The van der Waals surface area contributed by atoms with Crippen LogP contribution in [-0.4, -0.2) is 4.57 Å². The van der Waals surface area contributed by atoms with Crippen molar-refractivity contribution in [2.45, 2.75) is 0 Å². The van der Waals surface area contributed by atoms with Gasteiger partial charge < -0.3 is 9.47 Å². The molecule has 60 heavy (non-hydrogen) atoms. The third-order valence-electron chi connectivity index (χ3n) is 11.8. The normalized spacial score (nSPS) is 11.3. The van der Waals surface area contributed by atoms with Crippen LogP contribution in [0.1, 0.15) is 5.56 Å². The molecule has 11 aromatic rings. The number of nitrogens with zero attached hydrogens (tertiary/aromatic N) is 4. The van der Waals surface area contributed by atoms with Crippen LogP contribution in [0.4, 0.5) is 22.7 Å².